The van der Waals surface area contributed by atoms with Crippen molar-refractivity contribution in [3.63, 3.8) is 0 Å². The fourth-order valence-corrected chi connectivity index (χ4v) is 2.15. The van der Waals surface area contributed by atoms with Crippen LogP contribution in [0.2, 0.25) is 0 Å². The normalized spacial score (nSPS) is 16.1. The van der Waals surface area contributed by atoms with Crippen LogP contribution in [0.3, 0.4) is 0 Å². The number of aromatic nitrogens is 2. The topological polar surface area (TPSA) is 58.4 Å². The Morgan fingerprint density at radius 3 is 3.12 bits per heavy atom. The number of hydrogen-bond acceptors (Lipinski definition) is 4. The Balaban J connectivity index is 2.30. The van der Waals surface area contributed by atoms with E-state index in [4.69, 9.17) is 5.11 Å². The molecule has 5 heteroatoms. The predicted octanol–water partition coefficient (Wildman–Crippen LogP) is 0.585. The molecule has 2 rings (SSSR count). The lowest BCUT2D eigenvalue weighted by molar-refractivity contribution is 0.0983. The predicted molar refractivity (Wildman–Crippen MR) is 60.7 cm³/mol. The highest BCUT2D eigenvalue weighted by Gasteiger charge is 2.24. The standard InChI is InChI=1S/C11H17N3O2/c1-13-11-9(8-12-13)10(16)4-2-5-14(11)6-3-7-15/h8,15H,2-7H2,1H3. The van der Waals surface area contributed by atoms with Gasteiger partial charge in [-0.15, -0.1) is 0 Å². The summed E-state index contributed by atoms with van der Waals surface area (Å²) in [6.07, 6.45) is 3.83. The first kappa shape index (κ1) is 11.1. The van der Waals surface area contributed by atoms with Crippen molar-refractivity contribution in [3.05, 3.63) is 11.8 Å². The summed E-state index contributed by atoms with van der Waals surface area (Å²) in [5.74, 6) is 1.07. The van der Waals surface area contributed by atoms with Crippen LogP contribution >= 0.6 is 0 Å². The van der Waals surface area contributed by atoms with E-state index in [0.717, 1.165) is 37.3 Å². The molecule has 0 aliphatic carbocycles. The summed E-state index contributed by atoms with van der Waals surface area (Å²) in [6, 6.07) is 0. The van der Waals surface area contributed by atoms with E-state index in [9.17, 15) is 4.79 Å². The number of Topliss-reactive ketones (excluding diaryl/α,β-unsaturated/α-hetero) is 1. The molecule has 0 aromatic carbocycles. The summed E-state index contributed by atoms with van der Waals surface area (Å²) >= 11 is 0. The molecular formula is C11H17N3O2. The van der Waals surface area contributed by atoms with Gasteiger partial charge in [0, 0.05) is 33.2 Å². The molecule has 0 saturated carbocycles. The van der Waals surface area contributed by atoms with E-state index < -0.39 is 0 Å². The van der Waals surface area contributed by atoms with Gasteiger partial charge in [0.2, 0.25) is 0 Å². The number of carbonyl (C=O) groups excluding carboxylic acids is 1. The van der Waals surface area contributed by atoms with Crippen LogP contribution in [0.15, 0.2) is 6.20 Å². The van der Waals surface area contributed by atoms with Gasteiger partial charge in [-0.25, -0.2) is 0 Å². The molecule has 1 aliphatic heterocycles. The second-order valence-corrected chi connectivity index (χ2v) is 4.10. The molecule has 0 unspecified atom stereocenters. The Bertz CT molecular complexity index is 387. The number of aliphatic hydroxyl groups is 1. The van der Waals surface area contributed by atoms with E-state index in [2.05, 4.69) is 10.00 Å². The van der Waals surface area contributed by atoms with Crippen LogP contribution in [-0.2, 0) is 7.05 Å². The molecule has 0 fully saturated rings. The second kappa shape index (κ2) is 4.65. The maximum Gasteiger partial charge on any atom is 0.168 e. The zero-order chi connectivity index (χ0) is 11.5. The Hall–Kier alpha value is -1.36. The van der Waals surface area contributed by atoms with Crippen molar-refractivity contribution in [1.82, 2.24) is 9.78 Å². The van der Waals surface area contributed by atoms with Gasteiger partial charge in [0.1, 0.15) is 5.82 Å². The molecule has 2 heterocycles. The van der Waals surface area contributed by atoms with Gasteiger partial charge < -0.3 is 10.0 Å². The van der Waals surface area contributed by atoms with Crippen molar-refractivity contribution in [2.45, 2.75) is 19.3 Å². The minimum atomic E-state index is 0.176. The summed E-state index contributed by atoms with van der Waals surface area (Å²) in [5.41, 5.74) is 0.720. The van der Waals surface area contributed by atoms with Gasteiger partial charge in [-0.1, -0.05) is 0 Å². The van der Waals surface area contributed by atoms with Crippen LogP contribution in [0.1, 0.15) is 29.6 Å². The molecule has 1 aliphatic rings. The maximum atomic E-state index is 11.8. The van der Waals surface area contributed by atoms with Crippen LogP contribution in [0.25, 0.3) is 0 Å². The average Bonchev–Trinajstić information content (AvgIpc) is 2.57. The van der Waals surface area contributed by atoms with Gasteiger partial charge in [-0.3, -0.25) is 9.48 Å². The average molecular weight is 223 g/mol. The van der Waals surface area contributed by atoms with Crippen LogP contribution in [0, 0.1) is 0 Å². The SMILES string of the molecule is Cn1ncc2c1N(CCCO)CCCC2=O. The molecule has 0 amide bonds. The number of nitrogens with zero attached hydrogens (tertiary/aromatic N) is 3. The molecule has 0 spiro atoms. The van der Waals surface area contributed by atoms with Crippen molar-refractivity contribution in [1.29, 1.82) is 0 Å². The number of carbonyl (C=O) groups is 1. The van der Waals surface area contributed by atoms with Crippen LogP contribution in [0.4, 0.5) is 5.82 Å². The van der Waals surface area contributed by atoms with Crippen molar-refractivity contribution in [3.8, 4) is 0 Å². The number of rotatable bonds is 3. The first-order chi connectivity index (χ1) is 7.74. The van der Waals surface area contributed by atoms with Gasteiger partial charge in [-0.2, -0.15) is 5.10 Å². The lowest BCUT2D eigenvalue weighted by Gasteiger charge is -2.23. The van der Waals surface area contributed by atoms with E-state index in [1.807, 2.05) is 7.05 Å². The molecule has 88 valence electrons. The van der Waals surface area contributed by atoms with Crippen LogP contribution in [0.5, 0.6) is 0 Å². The van der Waals surface area contributed by atoms with Crippen molar-refractivity contribution in [2.75, 3.05) is 24.6 Å². The minimum Gasteiger partial charge on any atom is -0.396 e. The molecule has 0 atom stereocenters. The fraction of sp³-hybridized carbons (Fsp3) is 0.636. The summed E-state index contributed by atoms with van der Waals surface area (Å²) in [6.45, 7) is 1.81. The van der Waals surface area contributed by atoms with E-state index >= 15 is 0 Å². The number of hydrogen-bond donors (Lipinski definition) is 1. The first-order valence-electron chi connectivity index (χ1n) is 5.65. The molecule has 1 N–H and O–H groups in total. The van der Waals surface area contributed by atoms with Crippen LogP contribution in [-0.4, -0.2) is 40.4 Å². The van der Waals surface area contributed by atoms with Gasteiger partial charge in [0.05, 0.1) is 11.8 Å². The van der Waals surface area contributed by atoms with E-state index in [1.165, 1.54) is 0 Å². The number of fused-ring (bicyclic) bond motifs is 1. The molecule has 0 bridgehead atoms. The molecule has 0 saturated heterocycles. The van der Waals surface area contributed by atoms with Gasteiger partial charge in [0.15, 0.2) is 5.78 Å². The largest absolute Gasteiger partial charge is 0.396 e. The highest BCUT2D eigenvalue weighted by atomic mass is 16.3. The molecule has 5 nitrogen and oxygen atoms in total. The van der Waals surface area contributed by atoms with Crippen molar-refractivity contribution >= 4 is 11.6 Å². The quantitative estimate of drug-likeness (QED) is 0.814. The van der Waals surface area contributed by atoms with Gasteiger partial charge in [0.25, 0.3) is 0 Å². The monoisotopic (exact) mass is 223 g/mol. The summed E-state index contributed by atoms with van der Waals surface area (Å²) < 4.78 is 1.75. The Morgan fingerprint density at radius 2 is 2.38 bits per heavy atom. The summed E-state index contributed by atoms with van der Waals surface area (Å²) in [5, 5.41) is 13.0. The van der Waals surface area contributed by atoms with E-state index in [-0.39, 0.29) is 12.4 Å². The molecule has 16 heavy (non-hydrogen) atoms. The number of aliphatic hydroxyl groups excluding tert-OH is 1. The third-order valence-corrected chi connectivity index (χ3v) is 2.93. The number of ketones is 1. The van der Waals surface area contributed by atoms with E-state index in [0.29, 0.717) is 6.42 Å². The van der Waals surface area contributed by atoms with Crippen molar-refractivity contribution < 1.29 is 9.90 Å². The van der Waals surface area contributed by atoms with Crippen LogP contribution < -0.4 is 4.90 Å². The number of aryl methyl sites for hydroxylation is 1. The zero-order valence-corrected chi connectivity index (χ0v) is 9.52. The highest BCUT2D eigenvalue weighted by Crippen LogP contribution is 2.25. The Morgan fingerprint density at radius 1 is 1.56 bits per heavy atom. The molecule has 0 radical (unpaired) electrons. The second-order valence-electron chi connectivity index (χ2n) is 4.10. The summed E-state index contributed by atoms with van der Waals surface area (Å²) in [7, 11) is 1.85. The minimum absolute atomic E-state index is 0.176. The van der Waals surface area contributed by atoms with E-state index in [1.54, 1.807) is 10.9 Å². The lowest BCUT2D eigenvalue weighted by atomic mass is 10.1. The third-order valence-electron chi connectivity index (χ3n) is 2.93. The zero-order valence-electron chi connectivity index (χ0n) is 9.52. The molecule has 1 aromatic heterocycles. The van der Waals surface area contributed by atoms with Crippen molar-refractivity contribution in [2.24, 2.45) is 7.05 Å². The summed E-state index contributed by atoms with van der Waals surface area (Å²) in [4.78, 5) is 14.0. The fourth-order valence-electron chi connectivity index (χ4n) is 2.15. The molecule has 1 aromatic rings. The Labute approximate surface area is 94.7 Å². The van der Waals surface area contributed by atoms with Gasteiger partial charge in [-0.05, 0) is 12.8 Å². The smallest absolute Gasteiger partial charge is 0.168 e. The Kier molecular flexibility index (Phi) is 3.24. The maximum absolute atomic E-state index is 11.8. The lowest BCUT2D eigenvalue weighted by Crippen LogP contribution is -2.28. The van der Waals surface area contributed by atoms with Gasteiger partial charge >= 0.3 is 0 Å². The highest BCUT2D eigenvalue weighted by molar-refractivity contribution is 6.01. The third kappa shape index (κ3) is 1.95. The first-order valence-corrected chi connectivity index (χ1v) is 5.65. The molecular weight excluding hydrogens is 206 g/mol. The number of anilines is 1.